The summed E-state index contributed by atoms with van der Waals surface area (Å²) < 4.78 is 25.4. The van der Waals surface area contributed by atoms with E-state index in [2.05, 4.69) is 84.6 Å². The number of benzene rings is 4. The summed E-state index contributed by atoms with van der Waals surface area (Å²) in [5.74, 6) is 4.11. The molecular weight excluding hydrogens is 701 g/mol. The first-order chi connectivity index (χ1) is 27.4. The van der Waals surface area contributed by atoms with Gasteiger partial charge in [0.25, 0.3) is 0 Å². The summed E-state index contributed by atoms with van der Waals surface area (Å²) in [5, 5.41) is 21.6. The molecule has 4 aromatic carbocycles. The van der Waals surface area contributed by atoms with Crippen LogP contribution >= 0.6 is 0 Å². The van der Waals surface area contributed by atoms with Gasteiger partial charge >= 0.3 is 0 Å². The molecule has 56 heavy (non-hydrogen) atoms. The fourth-order valence-corrected chi connectivity index (χ4v) is 12.2. The predicted molar refractivity (Wildman–Crippen MR) is 213 cm³/mol. The molecule has 0 radical (unpaired) electrons. The molecule has 2 spiro atoms. The average Bonchev–Trinajstić information content (AvgIpc) is 3.77. The van der Waals surface area contributed by atoms with Gasteiger partial charge in [-0.3, -0.25) is 0 Å². The van der Waals surface area contributed by atoms with Crippen LogP contribution in [0, 0.1) is 11.8 Å². The van der Waals surface area contributed by atoms with E-state index in [1.54, 1.807) is 0 Å². The standard InChI is InChI=1S/2C24H25NO3/c2*1-25-12-11-24-17-8-9-19(26)23(24)28-22-20(27-14-15-5-3-2-4-6-15)10-7-16(21(22)24)13-18(17)25/h2*2-10,17-19,23,26H,11-14H2,1H3/t2*17-,18+,19-,23-,24-/m00/s1. The van der Waals surface area contributed by atoms with Gasteiger partial charge in [0.1, 0.15) is 37.6 Å². The SMILES string of the molecule is CN1CC[C@]23c4c5ccc(OCc6ccccc6)c4O[C@H]2[C@@H](O)C=C[C@H]3[C@H]1C5.CN1CC[C@]23c4c5ccc(OCc6ccccc6)c4O[C@H]2[C@@H](O)C=C[C@H]3[C@H]1C5. The summed E-state index contributed by atoms with van der Waals surface area (Å²) >= 11 is 0. The second-order valence-electron chi connectivity index (χ2n) is 17.4. The van der Waals surface area contributed by atoms with Crippen molar-refractivity contribution >= 4 is 0 Å². The first-order valence-electron chi connectivity index (χ1n) is 20.5. The fraction of sp³-hybridized carbons (Fsp3) is 0.417. The van der Waals surface area contributed by atoms with Crippen molar-refractivity contribution in [2.45, 2.75) is 86.2 Å². The van der Waals surface area contributed by atoms with Crippen LogP contribution in [0.5, 0.6) is 23.0 Å². The highest BCUT2D eigenvalue weighted by Gasteiger charge is 2.65. The quantitative estimate of drug-likeness (QED) is 0.228. The van der Waals surface area contributed by atoms with Crippen LogP contribution in [-0.2, 0) is 36.9 Å². The molecule has 8 heteroatoms. The largest absolute Gasteiger partial charge is 0.485 e. The number of hydrogen-bond donors (Lipinski definition) is 2. The van der Waals surface area contributed by atoms with Crippen molar-refractivity contribution in [1.29, 1.82) is 0 Å². The van der Waals surface area contributed by atoms with Crippen molar-refractivity contribution in [3.8, 4) is 23.0 Å². The molecule has 4 heterocycles. The van der Waals surface area contributed by atoms with E-state index in [9.17, 15) is 10.2 Å². The smallest absolute Gasteiger partial charge is 0.166 e. The molecule has 10 atom stereocenters. The number of hydrogen-bond acceptors (Lipinski definition) is 8. The molecule has 4 aliphatic heterocycles. The first-order valence-corrected chi connectivity index (χ1v) is 20.5. The summed E-state index contributed by atoms with van der Waals surface area (Å²) in [6.07, 6.45) is 10.9. The number of ether oxygens (including phenoxy) is 4. The van der Waals surface area contributed by atoms with Crippen molar-refractivity contribution in [1.82, 2.24) is 9.80 Å². The van der Waals surface area contributed by atoms with Crippen LogP contribution in [0.15, 0.2) is 109 Å². The zero-order chi connectivity index (χ0) is 37.8. The summed E-state index contributed by atoms with van der Waals surface area (Å²) in [6.45, 7) is 3.11. The Morgan fingerprint density at radius 3 is 1.45 bits per heavy atom. The maximum Gasteiger partial charge on any atom is 0.166 e. The van der Waals surface area contributed by atoms with Crippen molar-refractivity contribution in [3.63, 3.8) is 0 Å². The van der Waals surface area contributed by atoms with E-state index >= 15 is 0 Å². The second kappa shape index (κ2) is 13.0. The minimum Gasteiger partial charge on any atom is -0.485 e. The lowest BCUT2D eigenvalue weighted by atomic mass is 9.53. The molecule has 288 valence electrons. The molecular formula is C48H50N2O6. The number of piperidine rings is 2. The van der Waals surface area contributed by atoms with E-state index in [-0.39, 0.29) is 23.0 Å². The van der Waals surface area contributed by atoms with Gasteiger partial charge < -0.3 is 39.0 Å². The molecule has 8 aliphatic rings. The highest BCUT2D eigenvalue weighted by Crippen LogP contribution is 2.64. The molecule has 0 saturated carbocycles. The van der Waals surface area contributed by atoms with E-state index in [4.69, 9.17) is 18.9 Å². The Morgan fingerprint density at radius 2 is 1.02 bits per heavy atom. The van der Waals surface area contributed by atoms with Gasteiger partial charge in [0.2, 0.25) is 0 Å². The molecule has 0 amide bonds. The van der Waals surface area contributed by atoms with Crippen molar-refractivity contribution < 1.29 is 29.2 Å². The molecule has 12 rings (SSSR count). The molecule has 8 nitrogen and oxygen atoms in total. The van der Waals surface area contributed by atoms with Crippen LogP contribution in [0.25, 0.3) is 0 Å². The maximum absolute atomic E-state index is 10.8. The number of nitrogens with zero attached hydrogens (tertiary/aromatic N) is 2. The zero-order valence-corrected chi connectivity index (χ0v) is 32.1. The third-order valence-corrected chi connectivity index (χ3v) is 14.7. The lowest BCUT2D eigenvalue weighted by molar-refractivity contribution is -0.0454. The third-order valence-electron chi connectivity index (χ3n) is 14.7. The first kappa shape index (κ1) is 34.6. The normalized spacial score (nSPS) is 34.6. The number of rotatable bonds is 6. The summed E-state index contributed by atoms with van der Waals surface area (Å²) in [5.41, 5.74) is 7.36. The molecule has 4 aliphatic carbocycles. The van der Waals surface area contributed by atoms with Gasteiger partial charge in [-0.1, -0.05) is 97.1 Å². The molecule has 0 aromatic heterocycles. The topological polar surface area (TPSA) is 83.9 Å². The fourth-order valence-electron chi connectivity index (χ4n) is 12.2. The molecule has 4 bridgehead atoms. The van der Waals surface area contributed by atoms with Crippen LogP contribution in [0.3, 0.4) is 0 Å². The van der Waals surface area contributed by atoms with Crippen molar-refractivity contribution in [2.75, 3.05) is 27.2 Å². The van der Waals surface area contributed by atoms with E-state index in [1.165, 1.54) is 22.3 Å². The summed E-state index contributed by atoms with van der Waals surface area (Å²) in [7, 11) is 4.45. The van der Waals surface area contributed by atoms with Gasteiger partial charge in [-0.15, -0.1) is 0 Å². The molecule has 2 fully saturated rings. The minimum absolute atomic E-state index is 0.125. The Morgan fingerprint density at radius 1 is 0.589 bits per heavy atom. The van der Waals surface area contributed by atoms with E-state index in [1.807, 2.05) is 48.6 Å². The predicted octanol–water partition coefficient (Wildman–Crippen LogP) is 6.14. The lowest BCUT2D eigenvalue weighted by Gasteiger charge is -2.56. The lowest BCUT2D eigenvalue weighted by Crippen LogP contribution is -2.64. The Hall–Kier alpha value is -4.60. The highest BCUT2D eigenvalue weighted by molar-refractivity contribution is 5.63. The van der Waals surface area contributed by atoms with Crippen LogP contribution in [0.1, 0.15) is 46.2 Å². The minimum atomic E-state index is -0.569. The second-order valence-corrected chi connectivity index (χ2v) is 17.4. The van der Waals surface area contributed by atoms with Gasteiger partial charge in [-0.2, -0.15) is 0 Å². The van der Waals surface area contributed by atoms with Crippen LogP contribution in [-0.4, -0.2) is 83.7 Å². The zero-order valence-electron chi connectivity index (χ0n) is 32.1. The summed E-state index contributed by atoms with van der Waals surface area (Å²) in [4.78, 5) is 4.96. The number of aliphatic hydroxyl groups excluding tert-OH is 2. The van der Waals surface area contributed by atoms with Gasteiger partial charge in [0, 0.05) is 45.9 Å². The number of aliphatic hydroxyl groups is 2. The third kappa shape index (κ3) is 4.92. The Balaban J connectivity index is 0.000000130. The van der Waals surface area contributed by atoms with Gasteiger partial charge in [0.05, 0.1) is 0 Å². The van der Waals surface area contributed by atoms with Gasteiger partial charge in [-0.05, 0) is 87.3 Å². The van der Waals surface area contributed by atoms with E-state index < -0.39 is 12.2 Å². The van der Waals surface area contributed by atoms with Crippen LogP contribution in [0.2, 0.25) is 0 Å². The Kier molecular flexibility index (Phi) is 8.02. The summed E-state index contributed by atoms with van der Waals surface area (Å²) in [6, 6.07) is 29.9. The van der Waals surface area contributed by atoms with Gasteiger partial charge in [0.15, 0.2) is 23.0 Å². The van der Waals surface area contributed by atoms with Gasteiger partial charge in [-0.25, -0.2) is 0 Å². The highest BCUT2D eigenvalue weighted by atomic mass is 16.5. The van der Waals surface area contributed by atoms with E-state index in [0.717, 1.165) is 72.9 Å². The van der Waals surface area contributed by atoms with Crippen molar-refractivity contribution in [2.24, 2.45) is 11.8 Å². The molecule has 4 aromatic rings. The molecule has 0 unspecified atom stereocenters. The Bertz CT molecular complexity index is 2070. The number of likely N-dealkylation sites (tertiary alicyclic amines) is 2. The maximum atomic E-state index is 10.8. The van der Waals surface area contributed by atoms with Crippen molar-refractivity contribution in [3.05, 3.63) is 143 Å². The molecule has 2 N–H and O–H groups in total. The average molecular weight is 751 g/mol. The Labute approximate surface area is 329 Å². The monoisotopic (exact) mass is 750 g/mol. The molecule has 2 saturated heterocycles. The van der Waals surface area contributed by atoms with E-state index in [0.29, 0.717) is 37.1 Å². The van der Waals surface area contributed by atoms with Crippen LogP contribution in [0.4, 0.5) is 0 Å². The number of likely N-dealkylation sites (N-methyl/N-ethyl adjacent to an activating group) is 2. The van der Waals surface area contributed by atoms with Crippen LogP contribution < -0.4 is 18.9 Å².